The van der Waals surface area contributed by atoms with Gasteiger partial charge in [-0.05, 0) is 43.7 Å². The average molecular weight is 396 g/mol. The minimum atomic E-state index is -0.507. The maximum absolute atomic E-state index is 12.1. The van der Waals surface area contributed by atoms with E-state index in [0.717, 1.165) is 17.7 Å². The predicted molar refractivity (Wildman–Crippen MR) is 109 cm³/mol. The molecule has 0 radical (unpaired) electrons. The van der Waals surface area contributed by atoms with Gasteiger partial charge in [0.2, 0.25) is 5.91 Å². The van der Waals surface area contributed by atoms with E-state index in [1.54, 1.807) is 35.2 Å². The standard InChI is InChI=1S/C22H24N2O5/c1-15-5-10-19(28-2)16(12-15)13-22(27)29-14-20(25)23-17-6-8-18(9-7-17)24-11-3-4-21(24)26/h5-10,12H,3-4,11,13-14H2,1-2H3,(H,23,25). The Morgan fingerprint density at radius 3 is 2.55 bits per heavy atom. The second-order valence-corrected chi connectivity index (χ2v) is 6.90. The number of carbonyl (C=O) groups is 3. The van der Waals surface area contributed by atoms with Crippen molar-refractivity contribution >= 4 is 29.2 Å². The molecule has 0 unspecified atom stereocenters. The SMILES string of the molecule is COc1ccc(C)cc1CC(=O)OCC(=O)Nc1ccc(N2CCCC2=O)cc1. The number of esters is 1. The van der Waals surface area contributed by atoms with Gasteiger partial charge in [0.05, 0.1) is 13.5 Å². The molecule has 2 aromatic rings. The fraction of sp³-hybridized carbons (Fsp3) is 0.318. The highest BCUT2D eigenvalue weighted by atomic mass is 16.5. The number of hydrogen-bond donors (Lipinski definition) is 1. The number of hydrogen-bond acceptors (Lipinski definition) is 5. The van der Waals surface area contributed by atoms with Gasteiger partial charge in [0.25, 0.3) is 5.91 Å². The number of nitrogens with zero attached hydrogens (tertiary/aromatic N) is 1. The molecule has 2 aromatic carbocycles. The van der Waals surface area contributed by atoms with Gasteiger partial charge in [-0.25, -0.2) is 0 Å². The topological polar surface area (TPSA) is 84.9 Å². The molecule has 0 aliphatic carbocycles. The Labute approximate surface area is 169 Å². The number of amides is 2. The number of ether oxygens (including phenoxy) is 2. The molecule has 1 aliphatic rings. The van der Waals surface area contributed by atoms with Gasteiger partial charge in [-0.2, -0.15) is 0 Å². The molecule has 29 heavy (non-hydrogen) atoms. The van der Waals surface area contributed by atoms with Gasteiger partial charge in [-0.15, -0.1) is 0 Å². The van der Waals surface area contributed by atoms with E-state index >= 15 is 0 Å². The predicted octanol–water partition coefficient (Wildman–Crippen LogP) is 2.85. The quantitative estimate of drug-likeness (QED) is 0.728. The van der Waals surface area contributed by atoms with Crippen LogP contribution in [0.25, 0.3) is 0 Å². The first-order chi connectivity index (χ1) is 14.0. The summed E-state index contributed by atoms with van der Waals surface area (Å²) in [7, 11) is 1.54. The van der Waals surface area contributed by atoms with Crippen molar-refractivity contribution in [2.45, 2.75) is 26.2 Å². The Kier molecular flexibility index (Phi) is 6.49. The van der Waals surface area contributed by atoms with E-state index in [2.05, 4.69) is 5.32 Å². The van der Waals surface area contributed by atoms with Crippen molar-refractivity contribution in [1.29, 1.82) is 0 Å². The van der Waals surface area contributed by atoms with E-state index in [0.29, 0.717) is 30.0 Å². The summed E-state index contributed by atoms with van der Waals surface area (Å²) in [5.41, 5.74) is 3.10. The Morgan fingerprint density at radius 2 is 1.90 bits per heavy atom. The average Bonchev–Trinajstić information content (AvgIpc) is 3.13. The first-order valence-electron chi connectivity index (χ1n) is 9.45. The van der Waals surface area contributed by atoms with Crippen LogP contribution in [0.15, 0.2) is 42.5 Å². The third kappa shape index (κ3) is 5.34. The zero-order valence-electron chi connectivity index (χ0n) is 16.6. The lowest BCUT2D eigenvalue weighted by Crippen LogP contribution is -2.24. The van der Waals surface area contributed by atoms with Gasteiger partial charge >= 0.3 is 5.97 Å². The van der Waals surface area contributed by atoms with Crippen LogP contribution in [0.4, 0.5) is 11.4 Å². The molecule has 1 fully saturated rings. The molecule has 0 bridgehead atoms. The number of benzene rings is 2. The number of aryl methyl sites for hydroxylation is 1. The summed E-state index contributed by atoms with van der Waals surface area (Å²) >= 11 is 0. The summed E-state index contributed by atoms with van der Waals surface area (Å²) in [6, 6.07) is 12.6. The molecular weight excluding hydrogens is 372 g/mol. The molecule has 152 valence electrons. The van der Waals surface area contributed by atoms with Crippen LogP contribution in [-0.4, -0.2) is 38.0 Å². The van der Waals surface area contributed by atoms with Crippen LogP contribution < -0.4 is 15.0 Å². The zero-order valence-corrected chi connectivity index (χ0v) is 16.6. The molecule has 1 saturated heterocycles. The fourth-order valence-electron chi connectivity index (χ4n) is 3.24. The van der Waals surface area contributed by atoms with Gasteiger partial charge in [0.15, 0.2) is 6.61 Å². The Bertz CT molecular complexity index is 908. The van der Waals surface area contributed by atoms with Crippen LogP contribution in [0.5, 0.6) is 5.75 Å². The molecule has 0 atom stereocenters. The molecule has 3 rings (SSSR count). The van der Waals surface area contributed by atoms with Crippen molar-refractivity contribution in [3.8, 4) is 5.75 Å². The number of anilines is 2. The van der Waals surface area contributed by atoms with Crippen LogP contribution in [0, 0.1) is 6.92 Å². The third-order valence-corrected chi connectivity index (χ3v) is 4.67. The Hall–Kier alpha value is -3.35. The maximum atomic E-state index is 12.1. The summed E-state index contributed by atoms with van der Waals surface area (Å²) in [5.74, 6) is -0.223. The van der Waals surface area contributed by atoms with E-state index in [-0.39, 0.29) is 18.9 Å². The van der Waals surface area contributed by atoms with E-state index in [9.17, 15) is 14.4 Å². The molecule has 2 amide bonds. The molecule has 1 N–H and O–H groups in total. The number of carbonyl (C=O) groups excluding carboxylic acids is 3. The smallest absolute Gasteiger partial charge is 0.310 e. The summed E-state index contributed by atoms with van der Waals surface area (Å²) in [5, 5.41) is 2.68. The van der Waals surface area contributed by atoms with E-state index in [4.69, 9.17) is 9.47 Å². The number of methoxy groups -OCH3 is 1. The maximum Gasteiger partial charge on any atom is 0.310 e. The van der Waals surface area contributed by atoms with Crippen molar-refractivity contribution in [3.63, 3.8) is 0 Å². The van der Waals surface area contributed by atoms with Crippen molar-refractivity contribution in [2.24, 2.45) is 0 Å². The van der Waals surface area contributed by atoms with Gasteiger partial charge in [0, 0.05) is 29.9 Å². The largest absolute Gasteiger partial charge is 0.496 e. The highest BCUT2D eigenvalue weighted by Gasteiger charge is 2.21. The molecule has 1 aliphatic heterocycles. The first-order valence-corrected chi connectivity index (χ1v) is 9.45. The first kappa shape index (κ1) is 20.4. The summed E-state index contributed by atoms with van der Waals surface area (Å²) in [4.78, 5) is 37.6. The minimum absolute atomic E-state index is 0.0245. The highest BCUT2D eigenvalue weighted by Crippen LogP contribution is 2.23. The van der Waals surface area contributed by atoms with Crippen LogP contribution in [0.2, 0.25) is 0 Å². The third-order valence-electron chi connectivity index (χ3n) is 4.67. The fourth-order valence-corrected chi connectivity index (χ4v) is 3.24. The van der Waals surface area contributed by atoms with Crippen LogP contribution in [-0.2, 0) is 25.5 Å². The minimum Gasteiger partial charge on any atom is -0.496 e. The lowest BCUT2D eigenvalue weighted by molar-refractivity contribution is -0.146. The van der Waals surface area contributed by atoms with Crippen LogP contribution in [0.3, 0.4) is 0 Å². The van der Waals surface area contributed by atoms with Crippen molar-refractivity contribution in [3.05, 3.63) is 53.6 Å². The molecular formula is C22H24N2O5. The van der Waals surface area contributed by atoms with Crippen LogP contribution in [0.1, 0.15) is 24.0 Å². The lowest BCUT2D eigenvalue weighted by atomic mass is 10.1. The highest BCUT2D eigenvalue weighted by molar-refractivity contribution is 5.96. The van der Waals surface area contributed by atoms with E-state index < -0.39 is 11.9 Å². The molecule has 7 heteroatoms. The monoisotopic (exact) mass is 396 g/mol. The van der Waals surface area contributed by atoms with Gasteiger partial charge < -0.3 is 19.7 Å². The van der Waals surface area contributed by atoms with E-state index in [1.807, 2.05) is 19.1 Å². The number of nitrogens with one attached hydrogen (secondary N) is 1. The summed E-state index contributed by atoms with van der Waals surface area (Å²) in [6.45, 7) is 2.26. The molecule has 0 aromatic heterocycles. The normalized spacial score (nSPS) is 13.3. The van der Waals surface area contributed by atoms with Gasteiger partial charge in [-0.1, -0.05) is 17.7 Å². The number of rotatable bonds is 7. The molecule has 0 spiro atoms. The van der Waals surface area contributed by atoms with Gasteiger partial charge in [-0.3, -0.25) is 14.4 Å². The lowest BCUT2D eigenvalue weighted by Gasteiger charge is -2.16. The molecule has 0 saturated carbocycles. The molecule has 7 nitrogen and oxygen atoms in total. The molecule has 1 heterocycles. The summed E-state index contributed by atoms with van der Waals surface area (Å²) < 4.78 is 10.3. The van der Waals surface area contributed by atoms with E-state index in [1.165, 1.54) is 7.11 Å². The van der Waals surface area contributed by atoms with Crippen LogP contribution >= 0.6 is 0 Å². The van der Waals surface area contributed by atoms with Crippen molar-refractivity contribution in [2.75, 3.05) is 30.5 Å². The second kappa shape index (κ2) is 9.23. The Balaban J connectivity index is 1.49. The zero-order chi connectivity index (χ0) is 20.8. The van der Waals surface area contributed by atoms with Gasteiger partial charge in [0.1, 0.15) is 5.75 Å². The second-order valence-electron chi connectivity index (χ2n) is 6.90. The van der Waals surface area contributed by atoms with Crippen molar-refractivity contribution in [1.82, 2.24) is 0 Å². The Morgan fingerprint density at radius 1 is 1.14 bits per heavy atom. The van der Waals surface area contributed by atoms with Crippen molar-refractivity contribution < 1.29 is 23.9 Å². The summed E-state index contributed by atoms with van der Waals surface area (Å²) in [6.07, 6.45) is 1.45.